The zero-order chi connectivity index (χ0) is 34.6. The second-order valence-electron chi connectivity index (χ2n) is 12.0. The first-order chi connectivity index (χ1) is 22.3. The Labute approximate surface area is 272 Å². The highest BCUT2D eigenvalue weighted by molar-refractivity contribution is 5.90. The van der Waals surface area contributed by atoms with Crippen LogP contribution in [0.5, 0.6) is 0 Å². The zero-order valence-electron chi connectivity index (χ0n) is 27.2. The van der Waals surface area contributed by atoms with Crippen molar-refractivity contribution in [2.45, 2.75) is 71.4 Å². The summed E-state index contributed by atoms with van der Waals surface area (Å²) in [5.41, 5.74) is 0.386. The van der Waals surface area contributed by atoms with Gasteiger partial charge in [0.1, 0.15) is 17.5 Å². The standard InChI is InChI=1S/C35H39F3N6O3/c1-8-10-11-26(36)27(37)17-29-28(38)16-25-33(43-19-22(6)42(18-23(43)7)30(46)9-2)41-35(47)44(34(25)40-29)32-24(21(5)13-15-45)12-14-39-31(32)20(3)4/h1,9-12,14,16,20-23,45H,2,13,15,17-19H2,3-7H3/b11-10-,27-26-/t21?,22-,23+/m1/s1. The fourth-order valence-electron chi connectivity index (χ4n) is 5.87. The van der Waals surface area contributed by atoms with Gasteiger partial charge in [0, 0.05) is 44.4 Å². The summed E-state index contributed by atoms with van der Waals surface area (Å²) in [5.74, 6) is -1.94. The van der Waals surface area contributed by atoms with Crippen LogP contribution in [0, 0.1) is 18.2 Å². The van der Waals surface area contributed by atoms with Crippen molar-refractivity contribution in [1.29, 1.82) is 0 Å². The van der Waals surface area contributed by atoms with Crippen LogP contribution in [-0.4, -0.2) is 67.2 Å². The van der Waals surface area contributed by atoms with Gasteiger partial charge in [0.05, 0.1) is 22.5 Å². The molecule has 1 N–H and O–H groups in total. The van der Waals surface area contributed by atoms with Gasteiger partial charge in [-0.15, -0.1) is 6.42 Å². The summed E-state index contributed by atoms with van der Waals surface area (Å²) in [6.07, 6.45) is 9.23. The third kappa shape index (κ3) is 7.15. The van der Waals surface area contributed by atoms with Gasteiger partial charge in [0.25, 0.3) is 0 Å². The maximum atomic E-state index is 15.8. The number of carbonyl (C=O) groups excluding carboxylic acids is 1. The third-order valence-electron chi connectivity index (χ3n) is 8.34. The molecule has 0 aromatic carbocycles. The van der Waals surface area contributed by atoms with Crippen LogP contribution in [0.4, 0.5) is 19.0 Å². The van der Waals surface area contributed by atoms with Crippen molar-refractivity contribution in [3.63, 3.8) is 0 Å². The molecule has 0 aliphatic carbocycles. The molecule has 1 amide bonds. The summed E-state index contributed by atoms with van der Waals surface area (Å²) in [5, 5.41) is 9.89. The molecule has 1 fully saturated rings. The largest absolute Gasteiger partial charge is 0.396 e. The molecular weight excluding hydrogens is 609 g/mol. The molecule has 0 spiro atoms. The fourth-order valence-corrected chi connectivity index (χ4v) is 5.87. The number of nitrogens with zero attached hydrogens (tertiary/aromatic N) is 6. The Morgan fingerprint density at radius 2 is 1.94 bits per heavy atom. The van der Waals surface area contributed by atoms with Crippen LogP contribution in [0.2, 0.25) is 0 Å². The third-order valence-corrected chi connectivity index (χ3v) is 8.34. The van der Waals surface area contributed by atoms with Crippen LogP contribution in [-0.2, 0) is 11.2 Å². The highest BCUT2D eigenvalue weighted by Gasteiger charge is 2.34. The second kappa shape index (κ2) is 14.8. The first-order valence-electron chi connectivity index (χ1n) is 15.4. The summed E-state index contributed by atoms with van der Waals surface area (Å²) in [6.45, 7) is 13.4. The summed E-state index contributed by atoms with van der Waals surface area (Å²) in [6, 6.07) is 2.22. The minimum atomic E-state index is -1.29. The molecule has 1 saturated heterocycles. The van der Waals surface area contributed by atoms with E-state index in [0.717, 1.165) is 18.2 Å². The number of aliphatic hydroxyl groups excluding tert-OH is 1. The van der Waals surface area contributed by atoms with E-state index in [1.54, 1.807) is 17.2 Å². The van der Waals surface area contributed by atoms with Crippen LogP contribution in [0.3, 0.4) is 0 Å². The molecule has 3 atom stereocenters. The monoisotopic (exact) mass is 648 g/mol. The van der Waals surface area contributed by atoms with Crippen molar-refractivity contribution in [3.8, 4) is 18.0 Å². The number of pyridine rings is 2. The normalized spacial score (nSPS) is 18.1. The Kier molecular flexibility index (Phi) is 11.0. The molecule has 4 rings (SSSR count). The van der Waals surface area contributed by atoms with E-state index in [2.05, 4.69) is 27.5 Å². The highest BCUT2D eigenvalue weighted by atomic mass is 19.2. The quantitative estimate of drug-likeness (QED) is 0.178. The van der Waals surface area contributed by atoms with E-state index in [4.69, 9.17) is 6.42 Å². The maximum Gasteiger partial charge on any atom is 0.355 e. The molecule has 1 unspecified atom stereocenters. The molecule has 0 saturated carbocycles. The number of fused-ring (bicyclic) bond motifs is 1. The Bertz CT molecular complexity index is 1840. The van der Waals surface area contributed by atoms with Crippen LogP contribution in [0.15, 0.2) is 59.6 Å². The molecule has 1 aliphatic heterocycles. The minimum absolute atomic E-state index is 0.0272. The van der Waals surface area contributed by atoms with Gasteiger partial charge in [-0.05, 0) is 68.0 Å². The van der Waals surface area contributed by atoms with Crippen molar-refractivity contribution in [1.82, 2.24) is 24.4 Å². The van der Waals surface area contributed by atoms with E-state index in [0.29, 0.717) is 23.4 Å². The molecule has 1 aliphatic rings. The van der Waals surface area contributed by atoms with Crippen LogP contribution >= 0.6 is 0 Å². The van der Waals surface area contributed by atoms with Crippen LogP contribution < -0.4 is 10.6 Å². The zero-order valence-corrected chi connectivity index (χ0v) is 27.2. The lowest BCUT2D eigenvalue weighted by Crippen LogP contribution is -2.58. The lowest BCUT2D eigenvalue weighted by Gasteiger charge is -2.44. The van der Waals surface area contributed by atoms with Crippen molar-refractivity contribution in [2.24, 2.45) is 0 Å². The van der Waals surface area contributed by atoms with Gasteiger partial charge in [-0.1, -0.05) is 33.3 Å². The van der Waals surface area contributed by atoms with Crippen LogP contribution in [0.1, 0.15) is 69.8 Å². The molecule has 47 heavy (non-hydrogen) atoms. The van der Waals surface area contributed by atoms with E-state index >= 15 is 4.39 Å². The molecule has 0 radical (unpaired) electrons. The number of anilines is 1. The van der Waals surface area contributed by atoms with Crippen molar-refractivity contribution in [3.05, 3.63) is 88.0 Å². The van der Waals surface area contributed by atoms with Gasteiger partial charge in [-0.2, -0.15) is 4.98 Å². The number of terminal acetylenes is 1. The number of aromatic nitrogens is 4. The molecule has 3 aromatic heterocycles. The van der Waals surface area contributed by atoms with E-state index in [9.17, 15) is 23.5 Å². The Balaban J connectivity index is 2.07. The molecule has 9 nitrogen and oxygen atoms in total. The molecular formula is C35H39F3N6O3. The summed E-state index contributed by atoms with van der Waals surface area (Å²) in [4.78, 5) is 43.7. The van der Waals surface area contributed by atoms with Gasteiger partial charge >= 0.3 is 5.69 Å². The number of hydrogen-bond acceptors (Lipinski definition) is 7. The number of piperazine rings is 1. The first kappa shape index (κ1) is 35.1. The molecule has 3 aromatic rings. The van der Waals surface area contributed by atoms with Gasteiger partial charge in [0.15, 0.2) is 11.5 Å². The van der Waals surface area contributed by atoms with Gasteiger partial charge < -0.3 is 14.9 Å². The number of rotatable bonds is 10. The lowest BCUT2D eigenvalue weighted by molar-refractivity contribution is -0.128. The lowest BCUT2D eigenvalue weighted by atomic mass is 9.93. The van der Waals surface area contributed by atoms with Gasteiger partial charge in [-0.3, -0.25) is 9.78 Å². The Hall–Kier alpha value is -4.76. The topological polar surface area (TPSA) is 104 Å². The number of amides is 1. The predicted octanol–water partition coefficient (Wildman–Crippen LogP) is 5.42. The Morgan fingerprint density at radius 3 is 2.57 bits per heavy atom. The van der Waals surface area contributed by atoms with E-state index in [1.165, 1.54) is 10.6 Å². The number of allylic oxidation sites excluding steroid dienone is 4. The highest BCUT2D eigenvalue weighted by Crippen LogP contribution is 2.35. The number of carbonyl (C=O) groups is 1. The fraction of sp³-hybridized carbons (Fsp3) is 0.400. The molecule has 12 heteroatoms. The SMILES string of the molecule is C#C/C=C\C(F)=C(\F)Cc1nc2c(cc1F)c(N1C[C@@H](C)N(C(=O)C=C)C[C@@H]1C)nc(=O)n2-c1c(C(C)CCO)ccnc1C(C)C. The number of halogens is 3. The summed E-state index contributed by atoms with van der Waals surface area (Å²) in [7, 11) is 0. The van der Waals surface area contributed by atoms with Gasteiger partial charge in [-0.25, -0.2) is 27.5 Å². The van der Waals surface area contributed by atoms with Crippen molar-refractivity contribution < 1.29 is 23.1 Å². The van der Waals surface area contributed by atoms with Crippen molar-refractivity contribution >= 4 is 22.8 Å². The Morgan fingerprint density at radius 1 is 1.21 bits per heavy atom. The van der Waals surface area contributed by atoms with Gasteiger partial charge in [0.2, 0.25) is 5.91 Å². The second-order valence-corrected chi connectivity index (χ2v) is 12.0. The smallest absolute Gasteiger partial charge is 0.355 e. The van der Waals surface area contributed by atoms with Crippen molar-refractivity contribution in [2.75, 3.05) is 24.6 Å². The average Bonchev–Trinajstić information content (AvgIpc) is 3.04. The average molecular weight is 649 g/mol. The van der Waals surface area contributed by atoms with E-state index in [-0.39, 0.29) is 66.4 Å². The summed E-state index contributed by atoms with van der Waals surface area (Å²) >= 11 is 0. The molecule has 0 bridgehead atoms. The number of aliphatic hydroxyl groups is 1. The molecule has 248 valence electrons. The minimum Gasteiger partial charge on any atom is -0.396 e. The van der Waals surface area contributed by atoms with E-state index in [1.807, 2.05) is 39.5 Å². The maximum absolute atomic E-state index is 15.8. The first-order valence-corrected chi connectivity index (χ1v) is 15.4. The predicted molar refractivity (Wildman–Crippen MR) is 176 cm³/mol. The molecule has 4 heterocycles. The summed E-state index contributed by atoms with van der Waals surface area (Å²) < 4.78 is 46.4. The van der Waals surface area contributed by atoms with E-state index < -0.39 is 35.3 Å². The number of hydrogen-bond donors (Lipinski definition) is 1. The van der Waals surface area contributed by atoms with Crippen LogP contribution in [0.25, 0.3) is 16.7 Å².